The van der Waals surface area contributed by atoms with Gasteiger partial charge in [0.15, 0.2) is 0 Å². The number of nitrogens with one attached hydrogen (secondary N) is 1. The fourth-order valence-electron chi connectivity index (χ4n) is 1.12. The van der Waals surface area contributed by atoms with Crippen LogP contribution in [0.25, 0.3) is 0 Å². The molecule has 4 heteroatoms. The Bertz CT molecular complexity index is 375. The minimum Gasteiger partial charge on any atom is -0.495 e. The van der Waals surface area contributed by atoms with E-state index in [0.29, 0.717) is 23.5 Å². The number of amides is 1. The van der Waals surface area contributed by atoms with E-state index in [9.17, 15) is 4.79 Å². The molecule has 0 saturated carbocycles. The van der Waals surface area contributed by atoms with Gasteiger partial charge in [-0.2, -0.15) is 0 Å². The molecule has 0 heterocycles. The number of hydrogen-bond donors (Lipinski definition) is 2. The van der Waals surface area contributed by atoms with Crippen LogP contribution in [0.4, 0.5) is 5.69 Å². The molecular formula is C11H14N2O2. The summed E-state index contributed by atoms with van der Waals surface area (Å²) in [6.45, 7) is 3.95. The molecule has 0 aliphatic rings. The number of carbonyl (C=O) groups excluding carboxylic acids is 1. The predicted molar refractivity (Wildman–Crippen MR) is 59.9 cm³/mol. The van der Waals surface area contributed by atoms with Gasteiger partial charge in [0, 0.05) is 12.1 Å². The summed E-state index contributed by atoms with van der Waals surface area (Å²) in [4.78, 5) is 11.5. The number of hydrogen-bond acceptors (Lipinski definition) is 3. The Balaban J connectivity index is 2.85. The van der Waals surface area contributed by atoms with E-state index in [2.05, 4.69) is 11.9 Å². The second-order valence-corrected chi connectivity index (χ2v) is 2.96. The van der Waals surface area contributed by atoms with Crippen LogP contribution in [0, 0.1) is 0 Å². The van der Waals surface area contributed by atoms with Gasteiger partial charge in [-0.25, -0.2) is 0 Å². The molecule has 1 aromatic rings. The first kappa shape index (κ1) is 11.1. The van der Waals surface area contributed by atoms with E-state index in [4.69, 9.17) is 10.5 Å². The molecule has 0 spiro atoms. The molecule has 0 aliphatic carbocycles. The van der Waals surface area contributed by atoms with Crippen LogP contribution in [0.5, 0.6) is 5.75 Å². The van der Waals surface area contributed by atoms with E-state index in [-0.39, 0.29) is 5.91 Å². The quantitative estimate of drug-likeness (QED) is 0.574. The topological polar surface area (TPSA) is 64.4 Å². The van der Waals surface area contributed by atoms with Crippen LogP contribution in [0.1, 0.15) is 10.4 Å². The highest BCUT2D eigenvalue weighted by Crippen LogP contribution is 2.21. The number of rotatable bonds is 4. The Morgan fingerprint density at radius 3 is 3.00 bits per heavy atom. The fraction of sp³-hybridized carbons (Fsp3) is 0.182. The molecule has 0 saturated heterocycles. The van der Waals surface area contributed by atoms with Crippen LogP contribution in [0.15, 0.2) is 30.9 Å². The van der Waals surface area contributed by atoms with Crippen LogP contribution < -0.4 is 15.8 Å². The number of benzene rings is 1. The minimum absolute atomic E-state index is 0.173. The van der Waals surface area contributed by atoms with Crippen LogP contribution in [-0.4, -0.2) is 19.6 Å². The van der Waals surface area contributed by atoms with Crippen molar-refractivity contribution < 1.29 is 9.53 Å². The maximum atomic E-state index is 11.5. The zero-order valence-corrected chi connectivity index (χ0v) is 8.62. The molecule has 0 atom stereocenters. The second kappa shape index (κ2) is 5.05. The van der Waals surface area contributed by atoms with Gasteiger partial charge in [-0.1, -0.05) is 6.08 Å². The molecule has 3 N–H and O–H groups in total. The molecular weight excluding hydrogens is 192 g/mol. The van der Waals surface area contributed by atoms with Gasteiger partial charge in [-0.15, -0.1) is 6.58 Å². The highest BCUT2D eigenvalue weighted by atomic mass is 16.5. The molecule has 4 nitrogen and oxygen atoms in total. The van der Waals surface area contributed by atoms with Crippen LogP contribution in [0.3, 0.4) is 0 Å². The van der Waals surface area contributed by atoms with Crippen LogP contribution in [0.2, 0.25) is 0 Å². The van der Waals surface area contributed by atoms with E-state index < -0.39 is 0 Å². The van der Waals surface area contributed by atoms with E-state index in [0.717, 1.165) is 0 Å². The van der Waals surface area contributed by atoms with Gasteiger partial charge in [0.05, 0.1) is 12.8 Å². The molecule has 15 heavy (non-hydrogen) atoms. The van der Waals surface area contributed by atoms with E-state index in [1.54, 1.807) is 24.3 Å². The average Bonchev–Trinajstić information content (AvgIpc) is 2.26. The number of ether oxygens (including phenoxy) is 1. The standard InChI is InChI=1S/C11H14N2O2/c1-3-6-13-11(14)8-4-5-9(12)10(7-8)15-2/h3-5,7H,1,6,12H2,2H3,(H,13,14). The first-order valence-corrected chi connectivity index (χ1v) is 4.51. The van der Waals surface area contributed by atoms with E-state index in [1.807, 2.05) is 0 Å². The maximum absolute atomic E-state index is 11.5. The van der Waals surface area contributed by atoms with E-state index >= 15 is 0 Å². The Morgan fingerprint density at radius 2 is 2.40 bits per heavy atom. The normalized spacial score (nSPS) is 9.40. The number of methoxy groups -OCH3 is 1. The number of anilines is 1. The smallest absolute Gasteiger partial charge is 0.251 e. The number of nitrogen functional groups attached to an aromatic ring is 1. The SMILES string of the molecule is C=CCNC(=O)c1ccc(N)c(OC)c1. The van der Waals surface area contributed by atoms with Gasteiger partial charge in [0.1, 0.15) is 5.75 Å². The third-order valence-electron chi connectivity index (χ3n) is 1.90. The molecule has 0 aliphatic heterocycles. The van der Waals surface area contributed by atoms with E-state index in [1.165, 1.54) is 7.11 Å². The van der Waals surface area contributed by atoms with Crippen molar-refractivity contribution in [3.63, 3.8) is 0 Å². The third kappa shape index (κ3) is 2.74. The second-order valence-electron chi connectivity index (χ2n) is 2.96. The molecule has 0 fully saturated rings. The molecule has 0 bridgehead atoms. The Kier molecular flexibility index (Phi) is 3.74. The summed E-state index contributed by atoms with van der Waals surface area (Å²) in [5, 5.41) is 2.67. The zero-order chi connectivity index (χ0) is 11.3. The monoisotopic (exact) mass is 206 g/mol. The first-order chi connectivity index (χ1) is 7.19. The molecule has 80 valence electrons. The molecule has 1 rings (SSSR count). The Hall–Kier alpha value is -1.97. The summed E-state index contributed by atoms with van der Waals surface area (Å²) in [5.74, 6) is 0.328. The van der Waals surface area contributed by atoms with Gasteiger partial charge in [0.25, 0.3) is 5.91 Å². The molecule has 0 aromatic heterocycles. The molecule has 1 aromatic carbocycles. The van der Waals surface area contributed by atoms with Crippen molar-refractivity contribution in [1.29, 1.82) is 0 Å². The van der Waals surface area contributed by atoms with Crippen molar-refractivity contribution in [2.24, 2.45) is 0 Å². The Morgan fingerprint density at radius 1 is 1.67 bits per heavy atom. The largest absolute Gasteiger partial charge is 0.495 e. The molecule has 0 radical (unpaired) electrons. The summed E-state index contributed by atoms with van der Waals surface area (Å²) in [7, 11) is 1.51. The first-order valence-electron chi connectivity index (χ1n) is 4.51. The summed E-state index contributed by atoms with van der Waals surface area (Å²) >= 11 is 0. The van der Waals surface area contributed by atoms with Crippen LogP contribution in [-0.2, 0) is 0 Å². The lowest BCUT2D eigenvalue weighted by Gasteiger charge is -2.07. The lowest BCUT2D eigenvalue weighted by atomic mass is 10.2. The lowest BCUT2D eigenvalue weighted by Crippen LogP contribution is -2.23. The molecule has 0 unspecified atom stereocenters. The lowest BCUT2D eigenvalue weighted by molar-refractivity contribution is 0.0957. The average molecular weight is 206 g/mol. The molecule has 1 amide bonds. The van der Waals surface area contributed by atoms with Gasteiger partial charge >= 0.3 is 0 Å². The fourth-order valence-corrected chi connectivity index (χ4v) is 1.12. The van der Waals surface area contributed by atoms with Crippen molar-refractivity contribution in [1.82, 2.24) is 5.32 Å². The summed E-state index contributed by atoms with van der Waals surface area (Å²) in [6, 6.07) is 4.89. The number of carbonyl (C=O) groups is 1. The maximum Gasteiger partial charge on any atom is 0.251 e. The van der Waals surface area contributed by atoms with Crippen molar-refractivity contribution in [2.75, 3.05) is 19.4 Å². The third-order valence-corrected chi connectivity index (χ3v) is 1.90. The number of nitrogens with two attached hydrogens (primary N) is 1. The predicted octanol–water partition coefficient (Wildman–Crippen LogP) is 1.19. The minimum atomic E-state index is -0.173. The highest BCUT2D eigenvalue weighted by molar-refractivity contribution is 5.95. The van der Waals surface area contributed by atoms with Gasteiger partial charge in [-0.05, 0) is 18.2 Å². The van der Waals surface area contributed by atoms with Gasteiger partial charge < -0.3 is 15.8 Å². The highest BCUT2D eigenvalue weighted by Gasteiger charge is 2.07. The van der Waals surface area contributed by atoms with Crippen LogP contribution >= 0.6 is 0 Å². The summed E-state index contributed by atoms with van der Waals surface area (Å²) in [5.41, 5.74) is 6.66. The Labute approximate surface area is 88.7 Å². The van der Waals surface area contributed by atoms with Crippen molar-refractivity contribution in [3.8, 4) is 5.75 Å². The zero-order valence-electron chi connectivity index (χ0n) is 8.62. The van der Waals surface area contributed by atoms with Gasteiger partial charge in [-0.3, -0.25) is 4.79 Å². The van der Waals surface area contributed by atoms with Gasteiger partial charge in [0.2, 0.25) is 0 Å². The van der Waals surface area contributed by atoms with Crippen molar-refractivity contribution >= 4 is 11.6 Å². The van der Waals surface area contributed by atoms with Crippen molar-refractivity contribution in [2.45, 2.75) is 0 Å². The summed E-state index contributed by atoms with van der Waals surface area (Å²) < 4.78 is 5.02. The summed E-state index contributed by atoms with van der Waals surface area (Å²) in [6.07, 6.45) is 1.62. The van der Waals surface area contributed by atoms with Crippen molar-refractivity contribution in [3.05, 3.63) is 36.4 Å².